The minimum atomic E-state index is -0.973. The smallest absolute Gasteiger partial charge is 0.324 e. The third-order valence-corrected chi connectivity index (χ3v) is 1.52. The fraction of sp³-hybridized carbons (Fsp3) is 0.571. The first-order valence-electron chi connectivity index (χ1n) is 3.09. The van der Waals surface area contributed by atoms with Crippen LogP contribution in [0.5, 0.6) is 0 Å². The number of hydrogen-bond donors (Lipinski definition) is 2. The van der Waals surface area contributed by atoms with Gasteiger partial charge in [-0.1, -0.05) is 5.57 Å². The summed E-state index contributed by atoms with van der Waals surface area (Å²) in [6.45, 7) is 5.42. The number of aliphatic carboxylic acids is 1. The molecule has 0 unspecified atom stereocenters. The van der Waals surface area contributed by atoms with Crippen molar-refractivity contribution in [2.75, 3.05) is 0 Å². The van der Waals surface area contributed by atoms with Gasteiger partial charge in [0.25, 0.3) is 0 Å². The number of allylic oxidation sites excluding steroid dienone is 1. The molecule has 3 N–H and O–H groups in total. The van der Waals surface area contributed by atoms with Gasteiger partial charge in [-0.2, -0.15) is 0 Å². The maximum absolute atomic E-state index is 10.3. The van der Waals surface area contributed by atoms with Crippen molar-refractivity contribution >= 4 is 5.97 Å². The molecule has 0 heterocycles. The SMILES string of the molecule is CC(C)=C(C)[C@H](N)C(=O)O. The van der Waals surface area contributed by atoms with Gasteiger partial charge in [-0.15, -0.1) is 0 Å². The standard InChI is InChI=1S/C7H13NO2/c1-4(2)5(3)6(8)7(9)10/h6H,8H2,1-3H3,(H,9,10)/t6-/m0/s1. The molecule has 0 amide bonds. The molecule has 0 bridgehead atoms. The van der Waals surface area contributed by atoms with Gasteiger partial charge in [0.05, 0.1) is 0 Å². The molecular weight excluding hydrogens is 130 g/mol. The zero-order valence-corrected chi connectivity index (χ0v) is 6.51. The molecule has 3 nitrogen and oxygen atoms in total. The minimum absolute atomic E-state index is 0.729. The Bertz CT molecular complexity index is 168. The van der Waals surface area contributed by atoms with E-state index in [9.17, 15) is 4.79 Å². The summed E-state index contributed by atoms with van der Waals surface area (Å²) in [6, 6.07) is -0.843. The summed E-state index contributed by atoms with van der Waals surface area (Å²) < 4.78 is 0. The summed E-state index contributed by atoms with van der Waals surface area (Å²) in [5.41, 5.74) is 7.00. The van der Waals surface area contributed by atoms with Gasteiger partial charge >= 0.3 is 5.97 Å². The van der Waals surface area contributed by atoms with Crippen molar-refractivity contribution in [3.63, 3.8) is 0 Å². The van der Waals surface area contributed by atoms with Crippen LogP contribution in [-0.2, 0) is 4.79 Å². The van der Waals surface area contributed by atoms with E-state index in [0.29, 0.717) is 0 Å². The molecule has 0 aliphatic rings. The van der Waals surface area contributed by atoms with Crippen molar-refractivity contribution in [3.05, 3.63) is 11.1 Å². The van der Waals surface area contributed by atoms with Crippen molar-refractivity contribution in [1.29, 1.82) is 0 Å². The lowest BCUT2D eigenvalue weighted by Crippen LogP contribution is -2.31. The molecule has 0 rings (SSSR count). The molecule has 0 saturated heterocycles. The lowest BCUT2D eigenvalue weighted by atomic mass is 10.1. The quantitative estimate of drug-likeness (QED) is 0.561. The molecule has 0 spiro atoms. The van der Waals surface area contributed by atoms with Gasteiger partial charge in [-0.25, -0.2) is 0 Å². The van der Waals surface area contributed by atoms with Gasteiger partial charge in [0.2, 0.25) is 0 Å². The second kappa shape index (κ2) is 3.37. The lowest BCUT2D eigenvalue weighted by Gasteiger charge is -2.07. The summed E-state index contributed by atoms with van der Waals surface area (Å²) >= 11 is 0. The fourth-order valence-corrected chi connectivity index (χ4v) is 0.496. The Balaban J connectivity index is 4.37. The predicted molar refractivity (Wildman–Crippen MR) is 39.7 cm³/mol. The molecule has 10 heavy (non-hydrogen) atoms. The number of carbonyl (C=O) groups is 1. The summed E-state index contributed by atoms with van der Waals surface area (Å²) in [7, 11) is 0. The first kappa shape index (κ1) is 9.17. The van der Waals surface area contributed by atoms with E-state index in [2.05, 4.69) is 0 Å². The number of carboxylic acids is 1. The topological polar surface area (TPSA) is 63.3 Å². The van der Waals surface area contributed by atoms with Crippen LogP contribution in [0.2, 0.25) is 0 Å². The number of hydrogen-bond acceptors (Lipinski definition) is 2. The highest BCUT2D eigenvalue weighted by molar-refractivity contribution is 5.77. The molecule has 0 fully saturated rings. The molecule has 0 saturated carbocycles. The van der Waals surface area contributed by atoms with Crippen LogP contribution in [0.4, 0.5) is 0 Å². The van der Waals surface area contributed by atoms with Crippen LogP contribution in [0, 0.1) is 0 Å². The van der Waals surface area contributed by atoms with Crippen LogP contribution in [0.1, 0.15) is 20.8 Å². The Morgan fingerprint density at radius 2 is 1.80 bits per heavy atom. The third-order valence-electron chi connectivity index (χ3n) is 1.52. The summed E-state index contributed by atoms with van der Waals surface area (Å²) in [5, 5.41) is 8.44. The van der Waals surface area contributed by atoms with Crippen LogP contribution in [0.25, 0.3) is 0 Å². The zero-order valence-electron chi connectivity index (χ0n) is 6.51. The minimum Gasteiger partial charge on any atom is -0.480 e. The van der Waals surface area contributed by atoms with Crippen LogP contribution >= 0.6 is 0 Å². The van der Waals surface area contributed by atoms with E-state index in [1.54, 1.807) is 6.92 Å². The average molecular weight is 143 g/mol. The van der Waals surface area contributed by atoms with Gasteiger partial charge in [0.15, 0.2) is 0 Å². The van der Waals surface area contributed by atoms with E-state index in [0.717, 1.165) is 11.1 Å². The third kappa shape index (κ3) is 2.19. The summed E-state index contributed by atoms with van der Waals surface area (Å²) in [4.78, 5) is 10.3. The highest BCUT2D eigenvalue weighted by Gasteiger charge is 2.13. The molecule has 0 aliphatic carbocycles. The highest BCUT2D eigenvalue weighted by Crippen LogP contribution is 2.05. The van der Waals surface area contributed by atoms with Gasteiger partial charge < -0.3 is 10.8 Å². The Morgan fingerprint density at radius 1 is 1.40 bits per heavy atom. The number of carboxylic acid groups (broad SMARTS) is 1. The molecule has 1 atom stereocenters. The van der Waals surface area contributed by atoms with Crippen molar-refractivity contribution in [2.24, 2.45) is 5.73 Å². The Labute approximate surface area is 60.5 Å². The summed E-state index contributed by atoms with van der Waals surface area (Å²) in [6.07, 6.45) is 0. The zero-order chi connectivity index (χ0) is 8.31. The molecule has 0 aliphatic heterocycles. The largest absolute Gasteiger partial charge is 0.480 e. The van der Waals surface area contributed by atoms with Crippen molar-refractivity contribution in [3.8, 4) is 0 Å². The van der Waals surface area contributed by atoms with Gasteiger partial charge in [0.1, 0.15) is 6.04 Å². The van der Waals surface area contributed by atoms with E-state index in [-0.39, 0.29) is 0 Å². The summed E-state index contributed by atoms with van der Waals surface area (Å²) in [5.74, 6) is -0.973. The number of rotatable bonds is 2. The molecule has 0 aromatic heterocycles. The van der Waals surface area contributed by atoms with Crippen LogP contribution in [-0.4, -0.2) is 17.1 Å². The van der Waals surface area contributed by atoms with E-state index in [1.807, 2.05) is 13.8 Å². The Morgan fingerprint density at radius 3 is 1.90 bits per heavy atom. The molecule has 0 radical (unpaired) electrons. The predicted octanol–water partition coefficient (Wildman–Crippen LogP) is 0.755. The van der Waals surface area contributed by atoms with Crippen molar-refractivity contribution in [2.45, 2.75) is 26.8 Å². The molecule has 0 aromatic carbocycles. The highest BCUT2D eigenvalue weighted by atomic mass is 16.4. The monoisotopic (exact) mass is 143 g/mol. The Kier molecular flexibility index (Phi) is 3.09. The van der Waals surface area contributed by atoms with E-state index in [1.165, 1.54) is 0 Å². The normalized spacial score (nSPS) is 12.4. The molecule has 0 aromatic rings. The Hall–Kier alpha value is -0.830. The van der Waals surface area contributed by atoms with E-state index in [4.69, 9.17) is 10.8 Å². The van der Waals surface area contributed by atoms with Crippen molar-refractivity contribution < 1.29 is 9.90 Å². The second-order valence-electron chi connectivity index (χ2n) is 2.50. The van der Waals surface area contributed by atoms with Crippen LogP contribution in [0.3, 0.4) is 0 Å². The van der Waals surface area contributed by atoms with Crippen LogP contribution in [0.15, 0.2) is 11.1 Å². The first-order valence-corrected chi connectivity index (χ1v) is 3.09. The van der Waals surface area contributed by atoms with Gasteiger partial charge in [0, 0.05) is 0 Å². The second-order valence-corrected chi connectivity index (χ2v) is 2.50. The van der Waals surface area contributed by atoms with Gasteiger partial charge in [-0.05, 0) is 26.3 Å². The molecular formula is C7H13NO2. The number of nitrogens with two attached hydrogens (primary N) is 1. The van der Waals surface area contributed by atoms with Gasteiger partial charge in [-0.3, -0.25) is 4.79 Å². The van der Waals surface area contributed by atoms with E-state index < -0.39 is 12.0 Å². The van der Waals surface area contributed by atoms with E-state index >= 15 is 0 Å². The molecule has 58 valence electrons. The van der Waals surface area contributed by atoms with Crippen molar-refractivity contribution in [1.82, 2.24) is 0 Å². The maximum atomic E-state index is 10.3. The fourth-order valence-electron chi connectivity index (χ4n) is 0.496. The lowest BCUT2D eigenvalue weighted by molar-refractivity contribution is -0.137. The van der Waals surface area contributed by atoms with Crippen LogP contribution < -0.4 is 5.73 Å². The first-order chi connectivity index (χ1) is 4.46. The average Bonchev–Trinajstić information content (AvgIpc) is 1.84. The molecule has 3 heteroatoms. The maximum Gasteiger partial charge on any atom is 0.324 e.